The Labute approximate surface area is 171 Å². The molecule has 144 valence electrons. The Morgan fingerprint density at radius 1 is 1.11 bits per heavy atom. The van der Waals surface area contributed by atoms with E-state index >= 15 is 0 Å². The van der Waals surface area contributed by atoms with Gasteiger partial charge in [0.1, 0.15) is 5.75 Å². The zero-order valence-corrected chi connectivity index (χ0v) is 16.6. The molecule has 8 heteroatoms. The number of carbonyl (C=O) groups is 2. The normalized spacial score (nSPS) is 10.4. The van der Waals surface area contributed by atoms with Crippen molar-refractivity contribution in [1.29, 1.82) is 0 Å². The molecule has 0 aliphatic carbocycles. The van der Waals surface area contributed by atoms with Gasteiger partial charge in [0.05, 0.1) is 18.8 Å². The van der Waals surface area contributed by atoms with Crippen LogP contribution in [0.5, 0.6) is 5.75 Å². The van der Waals surface area contributed by atoms with Gasteiger partial charge in [0, 0.05) is 21.5 Å². The zero-order chi connectivity index (χ0) is 19.9. The summed E-state index contributed by atoms with van der Waals surface area (Å²) in [5, 5.41) is 8.23. The maximum Gasteiger partial charge on any atom is 0.251 e. The van der Waals surface area contributed by atoms with Crippen LogP contribution in [0.2, 0.25) is 5.02 Å². The van der Waals surface area contributed by atoms with Crippen LogP contribution in [0, 0.1) is 0 Å². The van der Waals surface area contributed by atoms with Crippen molar-refractivity contribution in [3.63, 3.8) is 0 Å². The predicted molar refractivity (Wildman–Crippen MR) is 111 cm³/mol. The van der Waals surface area contributed by atoms with E-state index < -0.39 is 0 Å². The number of hydrogen-bond acceptors (Lipinski definition) is 5. The minimum Gasteiger partial charge on any atom is -0.494 e. The highest BCUT2D eigenvalue weighted by Gasteiger charge is 2.11. The van der Waals surface area contributed by atoms with Crippen molar-refractivity contribution >= 4 is 39.9 Å². The largest absolute Gasteiger partial charge is 0.494 e. The molecule has 0 radical (unpaired) electrons. The third kappa shape index (κ3) is 5.31. The highest BCUT2D eigenvalue weighted by Crippen LogP contribution is 2.25. The number of benzene rings is 2. The van der Waals surface area contributed by atoms with E-state index in [4.69, 9.17) is 16.3 Å². The molecular formula is C20H18ClN3O3S. The first-order valence-corrected chi connectivity index (χ1v) is 9.83. The summed E-state index contributed by atoms with van der Waals surface area (Å²) in [7, 11) is 0. The molecule has 0 saturated carbocycles. The van der Waals surface area contributed by atoms with Gasteiger partial charge in [-0.3, -0.25) is 9.59 Å². The number of nitrogens with zero attached hydrogens (tertiary/aromatic N) is 1. The molecule has 2 amide bonds. The van der Waals surface area contributed by atoms with Crippen molar-refractivity contribution in [3.05, 3.63) is 64.5 Å². The second-order valence-corrected chi connectivity index (χ2v) is 7.03. The minimum atomic E-state index is -0.351. The number of thiazole rings is 1. The van der Waals surface area contributed by atoms with E-state index in [0.29, 0.717) is 28.1 Å². The van der Waals surface area contributed by atoms with E-state index in [1.807, 2.05) is 24.4 Å². The minimum absolute atomic E-state index is 0.151. The highest BCUT2D eigenvalue weighted by molar-refractivity contribution is 7.14. The number of carbonyl (C=O) groups excluding carboxylic acids is 2. The molecule has 2 N–H and O–H groups in total. The lowest BCUT2D eigenvalue weighted by Gasteiger charge is -2.06. The second kappa shape index (κ2) is 9.34. The van der Waals surface area contributed by atoms with Gasteiger partial charge in [0.15, 0.2) is 5.13 Å². The van der Waals surface area contributed by atoms with Gasteiger partial charge in [-0.05, 0) is 43.3 Å². The van der Waals surface area contributed by atoms with Crippen molar-refractivity contribution in [3.8, 4) is 17.0 Å². The van der Waals surface area contributed by atoms with E-state index in [1.54, 1.807) is 36.4 Å². The summed E-state index contributed by atoms with van der Waals surface area (Å²) >= 11 is 7.20. The number of rotatable bonds is 7. The van der Waals surface area contributed by atoms with Crippen molar-refractivity contribution in [2.45, 2.75) is 6.92 Å². The molecule has 28 heavy (non-hydrogen) atoms. The molecule has 0 bridgehead atoms. The summed E-state index contributed by atoms with van der Waals surface area (Å²) in [5.41, 5.74) is 2.11. The van der Waals surface area contributed by atoms with Crippen LogP contribution in [0.25, 0.3) is 11.3 Å². The Bertz CT molecular complexity index is 956. The van der Waals surface area contributed by atoms with E-state index in [1.165, 1.54) is 11.3 Å². The summed E-state index contributed by atoms with van der Waals surface area (Å²) in [5.74, 6) is 0.00698. The molecule has 0 atom stereocenters. The van der Waals surface area contributed by atoms with Crippen LogP contribution < -0.4 is 15.4 Å². The van der Waals surface area contributed by atoms with Gasteiger partial charge in [-0.25, -0.2) is 4.98 Å². The van der Waals surface area contributed by atoms with Crippen molar-refractivity contribution in [1.82, 2.24) is 10.3 Å². The fourth-order valence-corrected chi connectivity index (χ4v) is 3.24. The van der Waals surface area contributed by atoms with Crippen LogP contribution in [0.4, 0.5) is 5.13 Å². The second-order valence-electron chi connectivity index (χ2n) is 5.73. The summed E-state index contributed by atoms with van der Waals surface area (Å²) < 4.78 is 5.34. The number of halogens is 1. The number of ether oxygens (including phenoxy) is 1. The van der Waals surface area contributed by atoms with Crippen LogP contribution in [0.1, 0.15) is 17.3 Å². The van der Waals surface area contributed by atoms with Crippen LogP contribution in [-0.4, -0.2) is 29.9 Å². The van der Waals surface area contributed by atoms with Crippen LogP contribution in [0.15, 0.2) is 53.9 Å². The molecule has 0 aliphatic rings. The first kappa shape index (κ1) is 19.9. The Balaban J connectivity index is 1.51. The van der Waals surface area contributed by atoms with Crippen molar-refractivity contribution in [2.75, 3.05) is 18.5 Å². The van der Waals surface area contributed by atoms with Gasteiger partial charge in [-0.2, -0.15) is 0 Å². The summed E-state index contributed by atoms with van der Waals surface area (Å²) in [6, 6.07) is 14.0. The maximum absolute atomic E-state index is 12.1. The first-order chi connectivity index (χ1) is 13.5. The molecule has 0 spiro atoms. The van der Waals surface area contributed by atoms with Crippen molar-refractivity contribution in [2.24, 2.45) is 0 Å². The Kier molecular flexibility index (Phi) is 6.62. The van der Waals surface area contributed by atoms with E-state index in [2.05, 4.69) is 15.6 Å². The molecule has 2 aromatic carbocycles. The molecule has 0 fully saturated rings. The number of nitrogens with one attached hydrogen (secondary N) is 2. The molecule has 1 heterocycles. The quantitative estimate of drug-likeness (QED) is 0.605. The standard InChI is InChI=1S/C20H18ClN3O3S/c1-2-27-16-9-5-14(6-10-16)19(26)22-11-18(25)24-20-23-17(12-28-20)13-3-7-15(21)8-4-13/h3-10,12H,2,11H2,1H3,(H,22,26)(H,23,24,25). The first-order valence-electron chi connectivity index (χ1n) is 8.57. The van der Waals surface area contributed by atoms with Gasteiger partial charge in [-0.1, -0.05) is 23.7 Å². The fourth-order valence-electron chi connectivity index (χ4n) is 2.38. The molecular weight excluding hydrogens is 398 g/mol. The van der Waals surface area contributed by atoms with Gasteiger partial charge < -0.3 is 15.4 Å². The fraction of sp³-hybridized carbons (Fsp3) is 0.150. The molecule has 6 nitrogen and oxygen atoms in total. The van der Waals surface area contributed by atoms with Crippen LogP contribution in [0.3, 0.4) is 0 Å². The third-order valence-corrected chi connectivity index (χ3v) is 4.74. The Morgan fingerprint density at radius 3 is 2.50 bits per heavy atom. The lowest BCUT2D eigenvalue weighted by molar-refractivity contribution is -0.115. The molecule has 0 unspecified atom stereocenters. The average Bonchev–Trinajstić information content (AvgIpc) is 3.16. The summed E-state index contributed by atoms with van der Waals surface area (Å²) in [6.07, 6.45) is 0. The SMILES string of the molecule is CCOc1ccc(C(=O)NCC(=O)Nc2nc(-c3ccc(Cl)cc3)cs2)cc1. The van der Waals surface area contributed by atoms with Gasteiger partial charge in [0.25, 0.3) is 5.91 Å². The molecule has 3 aromatic rings. The smallest absolute Gasteiger partial charge is 0.251 e. The Morgan fingerprint density at radius 2 is 1.82 bits per heavy atom. The molecule has 3 rings (SSSR count). The zero-order valence-electron chi connectivity index (χ0n) is 15.1. The van der Waals surface area contributed by atoms with Gasteiger partial charge in [-0.15, -0.1) is 11.3 Å². The van der Waals surface area contributed by atoms with Gasteiger partial charge >= 0.3 is 0 Å². The molecule has 0 aliphatic heterocycles. The van der Waals surface area contributed by atoms with Crippen molar-refractivity contribution < 1.29 is 14.3 Å². The number of hydrogen-bond donors (Lipinski definition) is 2. The lowest BCUT2D eigenvalue weighted by atomic mass is 10.2. The highest BCUT2D eigenvalue weighted by atomic mass is 35.5. The van der Waals surface area contributed by atoms with E-state index in [-0.39, 0.29) is 18.4 Å². The predicted octanol–water partition coefficient (Wildman–Crippen LogP) is 4.23. The van der Waals surface area contributed by atoms with Gasteiger partial charge in [0.2, 0.25) is 5.91 Å². The number of amides is 2. The summed E-state index contributed by atoms with van der Waals surface area (Å²) in [4.78, 5) is 28.6. The number of anilines is 1. The van der Waals surface area contributed by atoms with Crippen LogP contribution in [-0.2, 0) is 4.79 Å². The maximum atomic E-state index is 12.1. The van der Waals surface area contributed by atoms with E-state index in [9.17, 15) is 9.59 Å². The van der Waals surface area contributed by atoms with E-state index in [0.717, 1.165) is 11.3 Å². The Hall–Kier alpha value is -2.90. The lowest BCUT2D eigenvalue weighted by Crippen LogP contribution is -2.32. The molecule has 1 aromatic heterocycles. The third-order valence-electron chi connectivity index (χ3n) is 3.73. The number of aromatic nitrogens is 1. The average molecular weight is 416 g/mol. The summed E-state index contributed by atoms with van der Waals surface area (Å²) in [6.45, 7) is 2.30. The monoisotopic (exact) mass is 415 g/mol. The molecule has 0 saturated heterocycles. The topological polar surface area (TPSA) is 80.3 Å². The van der Waals surface area contributed by atoms with Crippen LogP contribution >= 0.6 is 22.9 Å².